The molecule has 1 aliphatic rings. The third-order valence-electron chi connectivity index (χ3n) is 2.83. The van der Waals surface area contributed by atoms with Crippen LogP contribution in [0.2, 0.25) is 0 Å². The monoisotopic (exact) mass is 323 g/mol. The molecule has 0 aromatic heterocycles. The highest BCUT2D eigenvalue weighted by atomic mass is 32.2. The standard InChI is InChI=1S/C15H24F3NOS/c1-5-8-12(19-21-14(2,3)4)11-9-6-7-10-13(11)20-15(16,17)18/h9-10,12,19H,5-8H2,1-4H3. The first-order valence-electron chi connectivity index (χ1n) is 7.22. The molecule has 0 saturated carbocycles. The summed E-state index contributed by atoms with van der Waals surface area (Å²) in [6.45, 7) is 8.21. The Morgan fingerprint density at radius 1 is 1.24 bits per heavy atom. The lowest BCUT2D eigenvalue weighted by molar-refractivity contribution is -0.304. The maximum atomic E-state index is 12.5. The number of rotatable bonds is 6. The van der Waals surface area contributed by atoms with Gasteiger partial charge in [-0.05, 0) is 46.1 Å². The quantitative estimate of drug-likeness (QED) is 0.667. The summed E-state index contributed by atoms with van der Waals surface area (Å²) < 4.78 is 45.1. The van der Waals surface area contributed by atoms with Gasteiger partial charge in [0, 0.05) is 16.4 Å². The number of alkyl halides is 3. The van der Waals surface area contributed by atoms with Crippen molar-refractivity contribution in [2.45, 2.75) is 70.5 Å². The van der Waals surface area contributed by atoms with Gasteiger partial charge in [0.25, 0.3) is 0 Å². The van der Waals surface area contributed by atoms with E-state index in [0.29, 0.717) is 12.0 Å². The molecule has 0 amide bonds. The number of halogens is 3. The molecule has 0 fully saturated rings. The van der Waals surface area contributed by atoms with E-state index >= 15 is 0 Å². The van der Waals surface area contributed by atoms with E-state index in [0.717, 1.165) is 19.3 Å². The van der Waals surface area contributed by atoms with E-state index in [1.165, 1.54) is 6.08 Å². The molecule has 1 unspecified atom stereocenters. The average Bonchev–Trinajstić information content (AvgIpc) is 2.32. The fourth-order valence-corrected chi connectivity index (χ4v) is 2.77. The summed E-state index contributed by atoms with van der Waals surface area (Å²) in [6.07, 6.45) is 1.75. The fourth-order valence-electron chi connectivity index (χ4n) is 2.03. The molecule has 0 aromatic carbocycles. The highest BCUT2D eigenvalue weighted by molar-refractivity contribution is 7.98. The molecular formula is C15H24F3NOS. The van der Waals surface area contributed by atoms with Crippen LogP contribution in [0, 0.1) is 0 Å². The molecule has 1 atom stereocenters. The summed E-state index contributed by atoms with van der Waals surface area (Å²) in [5.74, 6) is -0.0470. The van der Waals surface area contributed by atoms with E-state index in [-0.39, 0.29) is 16.5 Å². The average molecular weight is 323 g/mol. The van der Waals surface area contributed by atoms with Crippen molar-refractivity contribution in [1.29, 1.82) is 0 Å². The molecule has 6 heteroatoms. The Morgan fingerprint density at radius 3 is 2.38 bits per heavy atom. The van der Waals surface area contributed by atoms with Crippen molar-refractivity contribution < 1.29 is 17.9 Å². The second-order valence-corrected chi connectivity index (χ2v) is 7.69. The number of allylic oxidation sites excluding steroid dienone is 2. The van der Waals surface area contributed by atoms with Gasteiger partial charge in [-0.15, -0.1) is 13.2 Å². The van der Waals surface area contributed by atoms with E-state index in [9.17, 15) is 13.2 Å². The van der Waals surface area contributed by atoms with Crippen molar-refractivity contribution in [3.05, 3.63) is 23.5 Å². The Bertz CT molecular complexity index is 397. The van der Waals surface area contributed by atoms with Gasteiger partial charge in [0.15, 0.2) is 0 Å². The fraction of sp³-hybridized carbons (Fsp3) is 0.733. The van der Waals surface area contributed by atoms with Gasteiger partial charge >= 0.3 is 6.36 Å². The molecule has 1 aliphatic carbocycles. The van der Waals surface area contributed by atoms with E-state index in [1.54, 1.807) is 11.9 Å². The Hall–Kier alpha value is -0.620. The molecule has 0 bridgehead atoms. The lowest BCUT2D eigenvalue weighted by Crippen LogP contribution is -2.32. The van der Waals surface area contributed by atoms with Crippen LogP contribution < -0.4 is 4.72 Å². The number of ether oxygens (including phenoxy) is 1. The van der Waals surface area contributed by atoms with Gasteiger partial charge < -0.3 is 4.74 Å². The summed E-state index contributed by atoms with van der Waals surface area (Å²) in [5.41, 5.74) is 0.622. The van der Waals surface area contributed by atoms with Crippen molar-refractivity contribution >= 4 is 11.9 Å². The number of hydrogen-bond acceptors (Lipinski definition) is 3. The summed E-state index contributed by atoms with van der Waals surface area (Å²) in [6, 6.07) is -0.131. The largest absolute Gasteiger partial charge is 0.573 e. The number of nitrogens with one attached hydrogen (secondary N) is 1. The highest BCUT2D eigenvalue weighted by Gasteiger charge is 2.35. The normalized spacial score (nSPS) is 18.0. The van der Waals surface area contributed by atoms with Gasteiger partial charge in [-0.3, -0.25) is 4.72 Å². The third-order valence-corrected chi connectivity index (χ3v) is 3.85. The Labute approximate surface area is 129 Å². The van der Waals surface area contributed by atoms with Crippen LogP contribution in [-0.2, 0) is 4.74 Å². The van der Waals surface area contributed by atoms with Crippen LogP contribution in [0.3, 0.4) is 0 Å². The minimum Gasteiger partial charge on any atom is -0.406 e. The van der Waals surface area contributed by atoms with Crippen molar-refractivity contribution in [2.75, 3.05) is 0 Å². The van der Waals surface area contributed by atoms with Gasteiger partial charge in [-0.1, -0.05) is 31.4 Å². The lowest BCUT2D eigenvalue weighted by Gasteiger charge is -2.28. The second kappa shape index (κ2) is 7.58. The zero-order valence-corrected chi connectivity index (χ0v) is 13.8. The molecule has 0 heterocycles. The van der Waals surface area contributed by atoms with Crippen LogP contribution in [0.1, 0.15) is 53.4 Å². The first kappa shape index (κ1) is 18.4. The molecule has 21 heavy (non-hydrogen) atoms. The SMILES string of the molecule is CCCC(NSC(C)(C)C)C1=CCCC=C1OC(F)(F)F. The minimum absolute atomic E-state index is 0.00399. The van der Waals surface area contributed by atoms with Crippen LogP contribution in [0.5, 0.6) is 0 Å². The molecule has 0 radical (unpaired) electrons. The lowest BCUT2D eigenvalue weighted by atomic mass is 9.96. The van der Waals surface area contributed by atoms with Crippen LogP contribution >= 0.6 is 11.9 Å². The maximum Gasteiger partial charge on any atom is 0.573 e. The van der Waals surface area contributed by atoms with Gasteiger partial charge in [0.05, 0.1) is 0 Å². The first-order valence-corrected chi connectivity index (χ1v) is 8.04. The topological polar surface area (TPSA) is 21.3 Å². The van der Waals surface area contributed by atoms with Crippen LogP contribution in [0.15, 0.2) is 23.5 Å². The minimum atomic E-state index is -4.64. The Balaban J connectivity index is 2.83. The Kier molecular flexibility index (Phi) is 6.66. The second-order valence-electron chi connectivity index (χ2n) is 6.03. The summed E-state index contributed by atoms with van der Waals surface area (Å²) in [4.78, 5) is 0. The predicted molar refractivity (Wildman–Crippen MR) is 81.7 cm³/mol. The van der Waals surface area contributed by atoms with Crippen molar-refractivity contribution in [3.63, 3.8) is 0 Å². The van der Waals surface area contributed by atoms with E-state index in [1.807, 2.05) is 13.0 Å². The van der Waals surface area contributed by atoms with Crippen LogP contribution in [0.25, 0.3) is 0 Å². The van der Waals surface area contributed by atoms with Gasteiger partial charge in [-0.2, -0.15) is 0 Å². The van der Waals surface area contributed by atoms with Crippen molar-refractivity contribution in [1.82, 2.24) is 4.72 Å². The molecule has 0 saturated heterocycles. The van der Waals surface area contributed by atoms with Crippen LogP contribution in [0.4, 0.5) is 13.2 Å². The zero-order chi connectivity index (χ0) is 16.1. The van der Waals surface area contributed by atoms with Crippen molar-refractivity contribution in [3.8, 4) is 0 Å². The molecule has 0 aromatic rings. The van der Waals surface area contributed by atoms with Gasteiger partial charge in [0.2, 0.25) is 0 Å². The first-order chi connectivity index (χ1) is 9.62. The van der Waals surface area contributed by atoms with E-state index in [2.05, 4.69) is 30.2 Å². The van der Waals surface area contributed by atoms with Gasteiger partial charge in [0.1, 0.15) is 5.76 Å². The predicted octanol–water partition coefficient (Wildman–Crippen LogP) is 5.33. The van der Waals surface area contributed by atoms with E-state index < -0.39 is 6.36 Å². The van der Waals surface area contributed by atoms with Crippen molar-refractivity contribution in [2.24, 2.45) is 0 Å². The Morgan fingerprint density at radius 2 is 1.86 bits per heavy atom. The maximum absolute atomic E-state index is 12.5. The van der Waals surface area contributed by atoms with Crippen LogP contribution in [-0.4, -0.2) is 17.2 Å². The van der Waals surface area contributed by atoms with E-state index in [4.69, 9.17) is 0 Å². The van der Waals surface area contributed by atoms with Gasteiger partial charge in [-0.25, -0.2) is 0 Å². The molecule has 122 valence electrons. The number of hydrogen-bond donors (Lipinski definition) is 1. The molecule has 1 N–H and O–H groups in total. The molecule has 0 aliphatic heterocycles. The molecule has 0 spiro atoms. The summed E-state index contributed by atoms with van der Waals surface area (Å²) in [7, 11) is 0. The summed E-state index contributed by atoms with van der Waals surface area (Å²) in [5, 5.41) is 0. The molecule has 2 nitrogen and oxygen atoms in total. The smallest absolute Gasteiger partial charge is 0.406 e. The highest BCUT2D eigenvalue weighted by Crippen LogP contribution is 2.32. The molecular weight excluding hydrogens is 299 g/mol. The molecule has 1 rings (SSSR count). The summed E-state index contributed by atoms with van der Waals surface area (Å²) >= 11 is 1.54. The zero-order valence-electron chi connectivity index (χ0n) is 13.0. The third kappa shape index (κ3) is 7.27.